The molecule has 0 spiro atoms. The third kappa shape index (κ3) is 2.90. The van der Waals surface area contributed by atoms with E-state index < -0.39 is 6.04 Å². The predicted molar refractivity (Wildman–Crippen MR) is 74.7 cm³/mol. The van der Waals surface area contributed by atoms with Crippen molar-refractivity contribution >= 4 is 11.8 Å². The minimum Gasteiger partial charge on any atom is -0.355 e. The normalized spacial score (nSPS) is 22.1. The Bertz CT molecular complexity index is 539. The molecule has 1 aliphatic heterocycles. The first-order chi connectivity index (χ1) is 10.2. The molecule has 8 heteroatoms. The molecule has 1 saturated carbocycles. The van der Waals surface area contributed by atoms with E-state index in [9.17, 15) is 9.59 Å². The maximum atomic E-state index is 12.5. The number of carbonyl (C=O) groups is 2. The molecule has 1 saturated heterocycles. The quantitative estimate of drug-likeness (QED) is 0.676. The first-order valence-electron chi connectivity index (χ1n) is 7.42. The molecular weight excluding hydrogens is 272 g/mol. The van der Waals surface area contributed by atoms with E-state index in [1.54, 1.807) is 4.90 Å². The van der Waals surface area contributed by atoms with Crippen LogP contribution in [-0.2, 0) is 4.79 Å². The standard InChI is InChI=1S/C13H20N6O2/c1-2-15-12(20)9-7-14-5-6-19(9)13(21)11-16-10(17-18-11)8-3-4-8/h8-9,14H,2-7H2,1H3,(H,15,20)(H,16,17,18). The van der Waals surface area contributed by atoms with Gasteiger partial charge in [-0.3, -0.25) is 14.7 Å². The van der Waals surface area contributed by atoms with Crippen LogP contribution in [0.4, 0.5) is 0 Å². The fraction of sp³-hybridized carbons (Fsp3) is 0.692. The van der Waals surface area contributed by atoms with Gasteiger partial charge in [0.05, 0.1) is 0 Å². The number of aromatic amines is 1. The second kappa shape index (κ2) is 5.80. The first-order valence-corrected chi connectivity index (χ1v) is 7.42. The van der Waals surface area contributed by atoms with Gasteiger partial charge in [-0.2, -0.15) is 0 Å². The Balaban J connectivity index is 1.74. The zero-order valence-corrected chi connectivity index (χ0v) is 12.1. The van der Waals surface area contributed by atoms with Crippen LogP contribution >= 0.6 is 0 Å². The number of piperazine rings is 1. The Morgan fingerprint density at radius 1 is 1.43 bits per heavy atom. The van der Waals surface area contributed by atoms with Crippen LogP contribution in [0.2, 0.25) is 0 Å². The summed E-state index contributed by atoms with van der Waals surface area (Å²) in [6.45, 7) is 4.01. The summed E-state index contributed by atoms with van der Waals surface area (Å²) in [6.07, 6.45) is 2.19. The molecule has 1 aromatic rings. The number of nitrogens with zero attached hydrogens (tertiary/aromatic N) is 3. The first kappa shape index (κ1) is 14.0. The number of carbonyl (C=O) groups excluding carboxylic acids is 2. The van der Waals surface area contributed by atoms with E-state index in [0.717, 1.165) is 18.7 Å². The van der Waals surface area contributed by atoms with Gasteiger partial charge in [-0.25, -0.2) is 4.98 Å². The van der Waals surface area contributed by atoms with Crippen molar-refractivity contribution in [2.45, 2.75) is 31.7 Å². The number of hydrogen-bond donors (Lipinski definition) is 3. The van der Waals surface area contributed by atoms with Crippen LogP contribution in [0.25, 0.3) is 0 Å². The van der Waals surface area contributed by atoms with Crippen LogP contribution in [-0.4, -0.2) is 64.1 Å². The third-order valence-electron chi connectivity index (χ3n) is 3.82. The van der Waals surface area contributed by atoms with E-state index in [1.165, 1.54) is 0 Å². The van der Waals surface area contributed by atoms with Gasteiger partial charge >= 0.3 is 0 Å². The van der Waals surface area contributed by atoms with Crippen LogP contribution in [0.3, 0.4) is 0 Å². The monoisotopic (exact) mass is 292 g/mol. The van der Waals surface area contributed by atoms with Gasteiger partial charge in [0.25, 0.3) is 5.91 Å². The summed E-state index contributed by atoms with van der Waals surface area (Å²) in [5, 5.41) is 12.7. The lowest BCUT2D eigenvalue weighted by Crippen LogP contribution is -2.59. The molecule has 114 valence electrons. The number of amides is 2. The van der Waals surface area contributed by atoms with Gasteiger partial charge in [0.1, 0.15) is 11.9 Å². The molecule has 21 heavy (non-hydrogen) atoms. The molecular formula is C13H20N6O2. The lowest BCUT2D eigenvalue weighted by molar-refractivity contribution is -0.126. The van der Waals surface area contributed by atoms with Crippen molar-refractivity contribution in [2.75, 3.05) is 26.2 Å². The van der Waals surface area contributed by atoms with Crippen LogP contribution in [0.1, 0.15) is 42.1 Å². The highest BCUT2D eigenvalue weighted by Crippen LogP contribution is 2.37. The fourth-order valence-corrected chi connectivity index (χ4v) is 2.51. The van der Waals surface area contributed by atoms with E-state index in [1.807, 2.05) is 6.92 Å². The highest BCUT2D eigenvalue weighted by molar-refractivity contribution is 5.95. The van der Waals surface area contributed by atoms with Gasteiger partial charge in [-0.05, 0) is 19.8 Å². The van der Waals surface area contributed by atoms with E-state index in [2.05, 4.69) is 25.8 Å². The number of likely N-dealkylation sites (N-methyl/N-ethyl adjacent to an activating group) is 1. The van der Waals surface area contributed by atoms with Gasteiger partial charge in [0, 0.05) is 32.1 Å². The third-order valence-corrected chi connectivity index (χ3v) is 3.82. The maximum Gasteiger partial charge on any atom is 0.294 e. The molecule has 1 aromatic heterocycles. The second-order valence-corrected chi connectivity index (χ2v) is 5.43. The summed E-state index contributed by atoms with van der Waals surface area (Å²) >= 11 is 0. The van der Waals surface area contributed by atoms with Crippen molar-refractivity contribution in [1.29, 1.82) is 0 Å². The number of aromatic nitrogens is 3. The molecule has 3 rings (SSSR count). The van der Waals surface area contributed by atoms with Gasteiger partial charge in [-0.15, -0.1) is 5.10 Å². The Hall–Kier alpha value is -1.96. The molecule has 2 aliphatic rings. The van der Waals surface area contributed by atoms with Gasteiger partial charge in [0.2, 0.25) is 11.7 Å². The Morgan fingerprint density at radius 3 is 2.95 bits per heavy atom. The SMILES string of the molecule is CCNC(=O)C1CNCCN1C(=O)c1n[nH]c(C2CC2)n1. The molecule has 1 atom stereocenters. The largest absolute Gasteiger partial charge is 0.355 e. The minimum atomic E-state index is -0.505. The fourth-order valence-electron chi connectivity index (χ4n) is 2.51. The minimum absolute atomic E-state index is 0.143. The maximum absolute atomic E-state index is 12.5. The van der Waals surface area contributed by atoms with Gasteiger partial charge in [0.15, 0.2) is 0 Å². The summed E-state index contributed by atoms with van der Waals surface area (Å²) in [5.41, 5.74) is 0. The Kier molecular flexibility index (Phi) is 3.87. The van der Waals surface area contributed by atoms with E-state index in [-0.39, 0.29) is 17.6 Å². The zero-order chi connectivity index (χ0) is 14.8. The van der Waals surface area contributed by atoms with Crippen LogP contribution in [0.5, 0.6) is 0 Å². The van der Waals surface area contributed by atoms with Crippen molar-refractivity contribution in [3.63, 3.8) is 0 Å². The molecule has 0 bridgehead atoms. The average molecular weight is 292 g/mol. The topological polar surface area (TPSA) is 103 Å². The summed E-state index contributed by atoms with van der Waals surface area (Å²) < 4.78 is 0. The van der Waals surface area contributed by atoms with E-state index >= 15 is 0 Å². The second-order valence-electron chi connectivity index (χ2n) is 5.43. The van der Waals surface area contributed by atoms with Crippen LogP contribution < -0.4 is 10.6 Å². The zero-order valence-electron chi connectivity index (χ0n) is 12.1. The van der Waals surface area contributed by atoms with E-state index in [4.69, 9.17) is 0 Å². The highest BCUT2D eigenvalue weighted by Gasteiger charge is 2.35. The molecule has 2 fully saturated rings. The number of H-pyrrole nitrogens is 1. The molecule has 2 amide bonds. The van der Waals surface area contributed by atoms with Gasteiger partial charge in [-0.1, -0.05) is 0 Å². The number of hydrogen-bond acceptors (Lipinski definition) is 5. The van der Waals surface area contributed by atoms with Crippen LogP contribution in [0.15, 0.2) is 0 Å². The summed E-state index contributed by atoms with van der Waals surface area (Å²) in [5.74, 6) is 0.935. The molecule has 8 nitrogen and oxygen atoms in total. The molecule has 0 radical (unpaired) electrons. The van der Waals surface area contributed by atoms with E-state index in [0.29, 0.717) is 32.1 Å². The smallest absolute Gasteiger partial charge is 0.294 e. The lowest BCUT2D eigenvalue weighted by Gasteiger charge is -2.34. The Morgan fingerprint density at radius 2 is 2.24 bits per heavy atom. The molecule has 0 aromatic carbocycles. The summed E-state index contributed by atoms with van der Waals surface area (Å²) in [7, 11) is 0. The molecule has 2 heterocycles. The Labute approximate surface area is 122 Å². The van der Waals surface area contributed by atoms with Gasteiger partial charge < -0.3 is 15.5 Å². The van der Waals surface area contributed by atoms with Crippen LogP contribution in [0, 0.1) is 0 Å². The van der Waals surface area contributed by atoms with Crippen molar-refractivity contribution in [3.8, 4) is 0 Å². The average Bonchev–Trinajstić information content (AvgIpc) is 3.24. The molecule has 3 N–H and O–H groups in total. The van der Waals surface area contributed by atoms with Crippen molar-refractivity contribution < 1.29 is 9.59 Å². The van der Waals surface area contributed by atoms with Crippen molar-refractivity contribution in [2.24, 2.45) is 0 Å². The lowest BCUT2D eigenvalue weighted by atomic mass is 10.1. The summed E-state index contributed by atoms with van der Waals surface area (Å²) in [6, 6.07) is -0.505. The highest BCUT2D eigenvalue weighted by atomic mass is 16.2. The predicted octanol–water partition coefficient (Wildman–Crippen LogP) is -0.768. The number of nitrogens with one attached hydrogen (secondary N) is 3. The molecule has 1 aliphatic carbocycles. The number of rotatable bonds is 4. The summed E-state index contributed by atoms with van der Waals surface area (Å²) in [4.78, 5) is 30.5. The molecule has 1 unspecified atom stereocenters. The van der Waals surface area contributed by atoms with Crippen molar-refractivity contribution in [1.82, 2.24) is 30.7 Å². The van der Waals surface area contributed by atoms with Crippen molar-refractivity contribution in [3.05, 3.63) is 11.6 Å².